The van der Waals surface area contributed by atoms with Crippen molar-refractivity contribution in [3.8, 4) is 11.4 Å². The van der Waals surface area contributed by atoms with Crippen molar-refractivity contribution in [2.45, 2.75) is 13.1 Å². The standard InChI is InChI=1S/C15H15N5/c1-2-4-12(5-3-1)10-17-11-14-18-15(20-19-14)13-6-8-16-9-7-13/h1-9,17H,10-11H2,(H,18,19,20). The van der Waals surface area contributed by atoms with Gasteiger partial charge in [0.05, 0.1) is 6.54 Å². The van der Waals surface area contributed by atoms with Gasteiger partial charge in [-0.2, -0.15) is 5.10 Å². The molecule has 0 fully saturated rings. The van der Waals surface area contributed by atoms with E-state index in [0.29, 0.717) is 12.4 Å². The first-order valence-electron chi connectivity index (χ1n) is 6.48. The van der Waals surface area contributed by atoms with Crippen molar-refractivity contribution in [1.82, 2.24) is 25.5 Å². The molecule has 0 saturated heterocycles. The van der Waals surface area contributed by atoms with Gasteiger partial charge in [-0.3, -0.25) is 10.1 Å². The lowest BCUT2D eigenvalue weighted by Gasteiger charge is -2.01. The summed E-state index contributed by atoms with van der Waals surface area (Å²) in [5, 5.41) is 10.5. The third kappa shape index (κ3) is 3.07. The largest absolute Gasteiger partial charge is 0.306 e. The molecule has 2 heterocycles. The molecule has 0 aliphatic heterocycles. The summed E-state index contributed by atoms with van der Waals surface area (Å²) in [7, 11) is 0. The molecule has 1 aromatic carbocycles. The van der Waals surface area contributed by atoms with Crippen molar-refractivity contribution in [1.29, 1.82) is 0 Å². The highest BCUT2D eigenvalue weighted by Gasteiger charge is 2.04. The molecule has 0 bridgehead atoms. The van der Waals surface area contributed by atoms with Gasteiger partial charge in [-0.15, -0.1) is 0 Å². The predicted molar refractivity (Wildman–Crippen MR) is 76.6 cm³/mol. The minimum absolute atomic E-state index is 0.660. The highest BCUT2D eigenvalue weighted by Crippen LogP contribution is 2.12. The van der Waals surface area contributed by atoms with Gasteiger partial charge in [0.15, 0.2) is 5.82 Å². The monoisotopic (exact) mass is 265 g/mol. The van der Waals surface area contributed by atoms with Gasteiger partial charge >= 0.3 is 0 Å². The number of aromatic amines is 1. The minimum atomic E-state index is 0.660. The van der Waals surface area contributed by atoms with Crippen molar-refractivity contribution in [3.05, 3.63) is 66.2 Å². The fourth-order valence-electron chi connectivity index (χ4n) is 1.93. The molecule has 0 atom stereocenters. The molecule has 2 N–H and O–H groups in total. The average molecular weight is 265 g/mol. The second-order valence-electron chi connectivity index (χ2n) is 4.43. The number of benzene rings is 1. The number of pyridine rings is 1. The Balaban J connectivity index is 1.58. The Morgan fingerprint density at radius 3 is 2.55 bits per heavy atom. The Kier molecular flexibility index (Phi) is 3.80. The molecule has 0 aliphatic carbocycles. The Morgan fingerprint density at radius 2 is 1.75 bits per heavy atom. The fraction of sp³-hybridized carbons (Fsp3) is 0.133. The van der Waals surface area contributed by atoms with E-state index in [1.807, 2.05) is 30.3 Å². The first kappa shape index (κ1) is 12.5. The molecule has 2 aromatic heterocycles. The quantitative estimate of drug-likeness (QED) is 0.742. The summed E-state index contributed by atoms with van der Waals surface area (Å²) in [6.07, 6.45) is 3.47. The number of rotatable bonds is 5. The molecule has 0 amide bonds. The smallest absolute Gasteiger partial charge is 0.181 e. The van der Waals surface area contributed by atoms with Gasteiger partial charge in [0.1, 0.15) is 5.82 Å². The molecule has 0 saturated carbocycles. The SMILES string of the molecule is c1ccc(CNCc2nc(-c3ccncc3)n[nH]2)cc1. The topological polar surface area (TPSA) is 66.5 Å². The maximum atomic E-state index is 4.45. The summed E-state index contributed by atoms with van der Waals surface area (Å²) in [6.45, 7) is 1.47. The highest BCUT2D eigenvalue weighted by atomic mass is 15.2. The molecule has 3 rings (SSSR count). The van der Waals surface area contributed by atoms with Crippen LogP contribution in [0.2, 0.25) is 0 Å². The van der Waals surface area contributed by atoms with Crippen LogP contribution in [0.3, 0.4) is 0 Å². The lowest BCUT2D eigenvalue weighted by molar-refractivity contribution is 0.665. The lowest BCUT2D eigenvalue weighted by Crippen LogP contribution is -2.13. The second-order valence-corrected chi connectivity index (χ2v) is 4.43. The molecule has 0 unspecified atom stereocenters. The summed E-state index contributed by atoms with van der Waals surface area (Å²) in [5.74, 6) is 1.52. The second kappa shape index (κ2) is 6.08. The Morgan fingerprint density at radius 1 is 0.950 bits per heavy atom. The van der Waals surface area contributed by atoms with Crippen LogP contribution in [0.1, 0.15) is 11.4 Å². The average Bonchev–Trinajstić information content (AvgIpc) is 2.98. The molecule has 5 nitrogen and oxygen atoms in total. The molecular weight excluding hydrogens is 250 g/mol. The summed E-state index contributed by atoms with van der Waals surface area (Å²) in [5.41, 5.74) is 2.21. The zero-order valence-corrected chi connectivity index (χ0v) is 11.0. The van der Waals surface area contributed by atoms with Crippen LogP contribution in [0.15, 0.2) is 54.9 Å². The van der Waals surface area contributed by atoms with Crippen LogP contribution in [0.5, 0.6) is 0 Å². The number of hydrogen-bond acceptors (Lipinski definition) is 4. The van der Waals surface area contributed by atoms with Gasteiger partial charge < -0.3 is 5.32 Å². The van der Waals surface area contributed by atoms with Crippen molar-refractivity contribution in [3.63, 3.8) is 0 Å². The summed E-state index contributed by atoms with van der Waals surface area (Å²) in [6, 6.07) is 14.1. The van der Waals surface area contributed by atoms with Crippen LogP contribution in [-0.4, -0.2) is 20.2 Å². The molecule has 0 radical (unpaired) electrons. The van der Waals surface area contributed by atoms with Gasteiger partial charge in [-0.05, 0) is 17.7 Å². The van der Waals surface area contributed by atoms with Gasteiger partial charge in [0, 0.05) is 24.5 Å². The summed E-state index contributed by atoms with van der Waals surface area (Å²) < 4.78 is 0. The number of nitrogens with one attached hydrogen (secondary N) is 2. The first-order valence-corrected chi connectivity index (χ1v) is 6.48. The van der Waals surface area contributed by atoms with Gasteiger partial charge in [-0.1, -0.05) is 30.3 Å². The minimum Gasteiger partial charge on any atom is -0.306 e. The van der Waals surface area contributed by atoms with E-state index < -0.39 is 0 Å². The molecule has 5 heteroatoms. The fourth-order valence-corrected chi connectivity index (χ4v) is 1.93. The van der Waals surface area contributed by atoms with Gasteiger partial charge in [-0.25, -0.2) is 4.98 Å². The van der Waals surface area contributed by atoms with Crippen LogP contribution in [0, 0.1) is 0 Å². The predicted octanol–water partition coefficient (Wildman–Crippen LogP) is 2.16. The Hall–Kier alpha value is -2.53. The molecular formula is C15H15N5. The van der Waals surface area contributed by atoms with Gasteiger partial charge in [0.2, 0.25) is 0 Å². The normalized spacial score (nSPS) is 10.6. The van der Waals surface area contributed by atoms with E-state index in [1.165, 1.54) is 5.56 Å². The van der Waals surface area contributed by atoms with Crippen molar-refractivity contribution >= 4 is 0 Å². The van der Waals surface area contributed by atoms with Crippen LogP contribution in [0.4, 0.5) is 0 Å². The maximum Gasteiger partial charge on any atom is 0.181 e. The Bertz CT molecular complexity index is 648. The number of H-pyrrole nitrogens is 1. The molecule has 20 heavy (non-hydrogen) atoms. The third-order valence-electron chi connectivity index (χ3n) is 2.93. The zero-order chi connectivity index (χ0) is 13.6. The highest BCUT2D eigenvalue weighted by molar-refractivity contribution is 5.52. The first-order chi connectivity index (χ1) is 9.92. The van der Waals surface area contributed by atoms with E-state index in [-0.39, 0.29) is 0 Å². The van der Waals surface area contributed by atoms with E-state index in [9.17, 15) is 0 Å². The van der Waals surface area contributed by atoms with E-state index in [0.717, 1.165) is 17.9 Å². The number of aromatic nitrogens is 4. The van der Waals surface area contributed by atoms with Crippen molar-refractivity contribution in [2.75, 3.05) is 0 Å². The third-order valence-corrected chi connectivity index (χ3v) is 2.93. The Labute approximate surface area is 117 Å². The summed E-state index contributed by atoms with van der Waals surface area (Å²) in [4.78, 5) is 8.44. The van der Waals surface area contributed by atoms with E-state index in [1.54, 1.807) is 12.4 Å². The molecule has 0 spiro atoms. The number of hydrogen-bond donors (Lipinski definition) is 2. The van der Waals surface area contributed by atoms with Crippen LogP contribution in [-0.2, 0) is 13.1 Å². The maximum absolute atomic E-state index is 4.45. The van der Waals surface area contributed by atoms with Gasteiger partial charge in [0.25, 0.3) is 0 Å². The zero-order valence-electron chi connectivity index (χ0n) is 11.0. The molecule has 0 aliphatic rings. The van der Waals surface area contributed by atoms with Crippen LogP contribution >= 0.6 is 0 Å². The molecule has 100 valence electrons. The van der Waals surface area contributed by atoms with Crippen LogP contribution in [0.25, 0.3) is 11.4 Å². The van der Waals surface area contributed by atoms with Crippen molar-refractivity contribution in [2.24, 2.45) is 0 Å². The van der Waals surface area contributed by atoms with E-state index >= 15 is 0 Å². The summed E-state index contributed by atoms with van der Waals surface area (Å²) >= 11 is 0. The van der Waals surface area contributed by atoms with Crippen LogP contribution < -0.4 is 5.32 Å². The van der Waals surface area contributed by atoms with E-state index in [4.69, 9.17) is 0 Å². The molecule has 3 aromatic rings. The number of nitrogens with zero attached hydrogens (tertiary/aromatic N) is 3. The van der Waals surface area contributed by atoms with Crippen molar-refractivity contribution < 1.29 is 0 Å². The lowest BCUT2D eigenvalue weighted by atomic mass is 10.2. The van der Waals surface area contributed by atoms with E-state index in [2.05, 4.69) is 37.6 Å².